The summed E-state index contributed by atoms with van der Waals surface area (Å²) in [6, 6.07) is 16.3. The van der Waals surface area contributed by atoms with Crippen molar-refractivity contribution in [2.45, 2.75) is 26.5 Å². The van der Waals surface area contributed by atoms with Crippen molar-refractivity contribution >= 4 is 29.9 Å². The van der Waals surface area contributed by atoms with Gasteiger partial charge in [0.15, 0.2) is 5.96 Å². The van der Waals surface area contributed by atoms with Gasteiger partial charge in [0.2, 0.25) is 0 Å². The normalized spacial score (nSPS) is 10.9. The number of hydrogen-bond acceptors (Lipinski definition) is 3. The number of halogens is 1. The van der Waals surface area contributed by atoms with Crippen LogP contribution in [0, 0.1) is 6.92 Å². The largest absolute Gasteiger partial charge is 0.497 e. The fourth-order valence-electron chi connectivity index (χ4n) is 2.50. The van der Waals surface area contributed by atoms with Gasteiger partial charge in [-0.25, -0.2) is 0 Å². The van der Waals surface area contributed by atoms with Gasteiger partial charge in [-0.05, 0) is 42.2 Å². The van der Waals surface area contributed by atoms with E-state index in [0.717, 1.165) is 36.8 Å². The Balaban J connectivity index is 0.00000364. The van der Waals surface area contributed by atoms with Crippen molar-refractivity contribution < 1.29 is 9.47 Å². The molecule has 148 valence electrons. The van der Waals surface area contributed by atoms with E-state index in [4.69, 9.17) is 9.47 Å². The van der Waals surface area contributed by atoms with Crippen LogP contribution in [0.25, 0.3) is 0 Å². The maximum Gasteiger partial charge on any atom is 0.191 e. The van der Waals surface area contributed by atoms with Crippen LogP contribution in [0.15, 0.2) is 53.5 Å². The molecule has 0 spiro atoms. The van der Waals surface area contributed by atoms with Gasteiger partial charge < -0.3 is 20.1 Å². The summed E-state index contributed by atoms with van der Waals surface area (Å²) in [6.45, 7) is 5.02. The molecule has 0 aliphatic carbocycles. The van der Waals surface area contributed by atoms with Crippen LogP contribution < -0.4 is 15.4 Å². The minimum absolute atomic E-state index is 0. The van der Waals surface area contributed by atoms with Crippen molar-refractivity contribution in [3.8, 4) is 5.75 Å². The quantitative estimate of drug-likeness (QED) is 0.246. The molecule has 2 rings (SSSR count). The van der Waals surface area contributed by atoms with E-state index in [2.05, 4.69) is 46.8 Å². The van der Waals surface area contributed by atoms with Crippen molar-refractivity contribution in [3.63, 3.8) is 0 Å². The van der Waals surface area contributed by atoms with Crippen LogP contribution in [0.2, 0.25) is 0 Å². The number of guanidine groups is 1. The fourth-order valence-corrected chi connectivity index (χ4v) is 2.50. The number of rotatable bonds is 9. The Bertz CT molecular complexity index is 690. The molecule has 0 heterocycles. The molecule has 0 saturated carbocycles. The predicted octanol–water partition coefficient (Wildman–Crippen LogP) is 3.89. The smallest absolute Gasteiger partial charge is 0.191 e. The van der Waals surface area contributed by atoms with E-state index < -0.39 is 0 Å². The van der Waals surface area contributed by atoms with Gasteiger partial charge in [-0.2, -0.15) is 0 Å². The third-order valence-electron chi connectivity index (χ3n) is 4.12. The zero-order valence-corrected chi connectivity index (χ0v) is 18.7. The van der Waals surface area contributed by atoms with Crippen molar-refractivity contribution in [1.82, 2.24) is 10.6 Å². The second-order valence-corrected chi connectivity index (χ2v) is 6.03. The zero-order chi connectivity index (χ0) is 18.6. The lowest BCUT2D eigenvalue weighted by Crippen LogP contribution is -2.37. The first-order valence-electron chi connectivity index (χ1n) is 8.92. The van der Waals surface area contributed by atoms with Crippen LogP contribution in [0.4, 0.5) is 0 Å². The topological polar surface area (TPSA) is 54.9 Å². The molecule has 0 radical (unpaired) electrons. The summed E-state index contributed by atoms with van der Waals surface area (Å²) in [5.41, 5.74) is 3.70. The number of ether oxygens (including phenoxy) is 2. The number of nitrogens with zero attached hydrogens (tertiary/aromatic N) is 1. The van der Waals surface area contributed by atoms with Crippen molar-refractivity contribution in [2.24, 2.45) is 4.99 Å². The van der Waals surface area contributed by atoms with Gasteiger partial charge in [-0.15, -0.1) is 24.0 Å². The van der Waals surface area contributed by atoms with E-state index in [1.54, 1.807) is 14.2 Å². The standard InChI is InChI=1S/C21H29N3O2.HI/c1-17-7-4-5-8-19(17)15-24-21(22-2)23-13-6-14-26-16-18-9-11-20(25-3)12-10-18;/h4-5,7-12H,6,13-16H2,1-3H3,(H2,22,23,24);1H. The highest BCUT2D eigenvalue weighted by atomic mass is 127. The molecule has 0 aliphatic rings. The number of methoxy groups -OCH3 is 1. The summed E-state index contributed by atoms with van der Waals surface area (Å²) in [5.74, 6) is 1.67. The van der Waals surface area contributed by atoms with E-state index in [9.17, 15) is 0 Å². The number of nitrogens with one attached hydrogen (secondary N) is 2. The summed E-state index contributed by atoms with van der Waals surface area (Å²) in [6.07, 6.45) is 0.918. The number of benzene rings is 2. The highest BCUT2D eigenvalue weighted by Gasteiger charge is 2.00. The molecule has 2 aromatic carbocycles. The van der Waals surface area contributed by atoms with E-state index >= 15 is 0 Å². The van der Waals surface area contributed by atoms with Gasteiger partial charge in [0.25, 0.3) is 0 Å². The lowest BCUT2D eigenvalue weighted by atomic mass is 10.1. The summed E-state index contributed by atoms with van der Waals surface area (Å²) >= 11 is 0. The summed E-state index contributed by atoms with van der Waals surface area (Å²) in [5, 5.41) is 6.66. The number of aryl methyl sites for hydroxylation is 1. The zero-order valence-electron chi connectivity index (χ0n) is 16.3. The SMILES string of the molecule is CN=C(NCCCOCc1ccc(OC)cc1)NCc1ccccc1C.I. The third kappa shape index (κ3) is 8.62. The Kier molecular flexibility index (Phi) is 11.5. The lowest BCUT2D eigenvalue weighted by molar-refractivity contribution is 0.119. The minimum Gasteiger partial charge on any atom is -0.497 e. The molecule has 0 fully saturated rings. The molecule has 0 unspecified atom stereocenters. The minimum atomic E-state index is 0. The second kappa shape index (κ2) is 13.4. The molecule has 0 saturated heterocycles. The highest BCUT2D eigenvalue weighted by molar-refractivity contribution is 14.0. The van der Waals surface area contributed by atoms with Crippen LogP contribution in [-0.2, 0) is 17.9 Å². The summed E-state index contributed by atoms with van der Waals surface area (Å²) < 4.78 is 10.9. The molecule has 0 atom stereocenters. The first kappa shape index (κ1) is 23.2. The van der Waals surface area contributed by atoms with Crippen LogP contribution >= 0.6 is 24.0 Å². The van der Waals surface area contributed by atoms with Crippen LogP contribution in [0.5, 0.6) is 5.75 Å². The molecule has 27 heavy (non-hydrogen) atoms. The number of aliphatic imine (C=N–C) groups is 1. The maximum absolute atomic E-state index is 5.71. The van der Waals surface area contributed by atoms with Crippen molar-refractivity contribution in [2.75, 3.05) is 27.3 Å². The first-order valence-corrected chi connectivity index (χ1v) is 8.92. The third-order valence-corrected chi connectivity index (χ3v) is 4.12. The van der Waals surface area contributed by atoms with Gasteiger partial charge in [-0.1, -0.05) is 36.4 Å². The molecular weight excluding hydrogens is 453 g/mol. The highest BCUT2D eigenvalue weighted by Crippen LogP contribution is 2.11. The van der Waals surface area contributed by atoms with E-state index in [-0.39, 0.29) is 24.0 Å². The van der Waals surface area contributed by atoms with Gasteiger partial charge >= 0.3 is 0 Å². The van der Waals surface area contributed by atoms with E-state index in [0.29, 0.717) is 13.2 Å². The van der Waals surface area contributed by atoms with Gasteiger partial charge in [0.1, 0.15) is 5.75 Å². The Hall–Kier alpha value is -1.80. The Morgan fingerprint density at radius 2 is 1.78 bits per heavy atom. The predicted molar refractivity (Wildman–Crippen MR) is 122 cm³/mol. The molecule has 2 aromatic rings. The average Bonchev–Trinajstić information content (AvgIpc) is 2.68. The van der Waals surface area contributed by atoms with Crippen molar-refractivity contribution in [3.05, 3.63) is 65.2 Å². The van der Waals surface area contributed by atoms with Crippen LogP contribution in [-0.4, -0.2) is 33.3 Å². The maximum atomic E-state index is 5.71. The van der Waals surface area contributed by atoms with Crippen LogP contribution in [0.3, 0.4) is 0 Å². The molecule has 0 aromatic heterocycles. The molecule has 2 N–H and O–H groups in total. The summed E-state index contributed by atoms with van der Waals surface area (Å²) in [7, 11) is 3.45. The monoisotopic (exact) mass is 483 g/mol. The Labute approximate surface area is 179 Å². The molecule has 0 bridgehead atoms. The summed E-state index contributed by atoms with van der Waals surface area (Å²) in [4.78, 5) is 4.26. The van der Waals surface area contributed by atoms with E-state index in [1.807, 2.05) is 24.3 Å². The molecular formula is C21H30IN3O2. The average molecular weight is 483 g/mol. The molecule has 0 aliphatic heterocycles. The Morgan fingerprint density at radius 3 is 2.44 bits per heavy atom. The van der Waals surface area contributed by atoms with Gasteiger partial charge in [-0.3, -0.25) is 4.99 Å². The first-order chi connectivity index (χ1) is 12.7. The van der Waals surface area contributed by atoms with Gasteiger partial charge in [0, 0.05) is 26.7 Å². The van der Waals surface area contributed by atoms with Crippen molar-refractivity contribution in [1.29, 1.82) is 0 Å². The van der Waals surface area contributed by atoms with Gasteiger partial charge in [0.05, 0.1) is 13.7 Å². The fraction of sp³-hybridized carbons (Fsp3) is 0.381. The van der Waals surface area contributed by atoms with Crippen LogP contribution in [0.1, 0.15) is 23.1 Å². The van der Waals surface area contributed by atoms with E-state index in [1.165, 1.54) is 11.1 Å². The lowest BCUT2D eigenvalue weighted by Gasteiger charge is -2.13. The second-order valence-electron chi connectivity index (χ2n) is 6.03. The molecule has 6 heteroatoms. The molecule has 5 nitrogen and oxygen atoms in total. The molecule has 0 amide bonds. The number of hydrogen-bond donors (Lipinski definition) is 2. The Morgan fingerprint density at radius 1 is 1.04 bits per heavy atom.